The van der Waals surface area contributed by atoms with Crippen molar-refractivity contribution in [1.82, 2.24) is 0 Å². The van der Waals surface area contributed by atoms with Gasteiger partial charge in [0.25, 0.3) is 0 Å². The Bertz CT molecular complexity index is 326. The highest BCUT2D eigenvalue weighted by Gasteiger charge is 2.35. The lowest BCUT2D eigenvalue weighted by atomic mass is 10.1. The average Bonchev–Trinajstić information content (AvgIpc) is 2.68. The molecule has 2 nitrogen and oxygen atoms in total. The fraction of sp³-hybridized carbons (Fsp3) is 0.273. The van der Waals surface area contributed by atoms with E-state index in [0.29, 0.717) is 18.2 Å². The first-order valence-electron chi connectivity index (χ1n) is 4.44. The van der Waals surface area contributed by atoms with Crippen LogP contribution >= 0.6 is 11.6 Å². The zero-order chi connectivity index (χ0) is 10.0. The molecule has 0 radical (unpaired) electrons. The van der Waals surface area contributed by atoms with E-state index < -0.39 is 5.79 Å². The van der Waals surface area contributed by atoms with Gasteiger partial charge in [0, 0.05) is 10.6 Å². The Labute approximate surface area is 88.1 Å². The predicted octanol–water partition coefficient (Wildman–Crippen LogP) is 2.73. The molecule has 0 N–H and O–H groups in total. The summed E-state index contributed by atoms with van der Waals surface area (Å²) in [6, 6.07) is 7.39. The lowest BCUT2D eigenvalue weighted by molar-refractivity contribution is -0.123. The molecule has 1 heterocycles. The Morgan fingerprint density at radius 3 is 2.29 bits per heavy atom. The van der Waals surface area contributed by atoms with Crippen LogP contribution in [0.1, 0.15) is 5.56 Å². The third-order valence-corrected chi connectivity index (χ3v) is 2.48. The van der Waals surface area contributed by atoms with Crippen LogP contribution in [0.25, 0.3) is 0 Å². The fourth-order valence-electron chi connectivity index (χ4n) is 1.51. The van der Waals surface area contributed by atoms with Gasteiger partial charge < -0.3 is 9.47 Å². The van der Waals surface area contributed by atoms with Crippen molar-refractivity contribution in [3.63, 3.8) is 0 Å². The van der Waals surface area contributed by atoms with E-state index in [1.165, 1.54) is 0 Å². The van der Waals surface area contributed by atoms with E-state index in [4.69, 9.17) is 21.1 Å². The van der Waals surface area contributed by atoms with Crippen molar-refractivity contribution in [3.05, 3.63) is 47.5 Å². The van der Waals surface area contributed by atoms with Gasteiger partial charge in [-0.2, -0.15) is 0 Å². The molecule has 14 heavy (non-hydrogen) atoms. The van der Waals surface area contributed by atoms with E-state index >= 15 is 0 Å². The summed E-state index contributed by atoms with van der Waals surface area (Å²) >= 11 is 5.80. The Balaban J connectivity index is 2.36. The van der Waals surface area contributed by atoms with Crippen LogP contribution in [0.5, 0.6) is 0 Å². The molecule has 1 aliphatic heterocycles. The SMILES string of the molecule is C=CC1(c2ccc(Cl)cc2)OCCO1. The normalized spacial score (nSPS) is 19.5. The van der Waals surface area contributed by atoms with Crippen molar-refractivity contribution < 1.29 is 9.47 Å². The van der Waals surface area contributed by atoms with Crippen molar-refractivity contribution >= 4 is 11.6 Å². The van der Waals surface area contributed by atoms with Crippen LogP contribution in [-0.2, 0) is 15.3 Å². The molecule has 0 unspecified atom stereocenters. The minimum atomic E-state index is -0.773. The van der Waals surface area contributed by atoms with Gasteiger partial charge in [0.15, 0.2) is 0 Å². The summed E-state index contributed by atoms with van der Waals surface area (Å²) in [5.41, 5.74) is 0.925. The molecular formula is C11H11ClO2. The molecule has 0 aliphatic carbocycles. The maximum absolute atomic E-state index is 5.80. The van der Waals surface area contributed by atoms with E-state index in [9.17, 15) is 0 Å². The van der Waals surface area contributed by atoms with E-state index in [1.807, 2.05) is 24.3 Å². The van der Waals surface area contributed by atoms with Gasteiger partial charge in [0.1, 0.15) is 0 Å². The zero-order valence-electron chi connectivity index (χ0n) is 7.70. The molecule has 0 aromatic heterocycles. The van der Waals surface area contributed by atoms with Crippen LogP contribution in [-0.4, -0.2) is 13.2 Å². The molecule has 1 aromatic carbocycles. The Morgan fingerprint density at radius 1 is 1.21 bits per heavy atom. The van der Waals surface area contributed by atoms with Crippen LogP contribution in [0.15, 0.2) is 36.9 Å². The van der Waals surface area contributed by atoms with Gasteiger partial charge in [-0.25, -0.2) is 0 Å². The average molecular weight is 211 g/mol. The molecule has 0 saturated carbocycles. The number of hydrogen-bond donors (Lipinski definition) is 0. The van der Waals surface area contributed by atoms with Gasteiger partial charge in [-0.3, -0.25) is 0 Å². The summed E-state index contributed by atoms with van der Waals surface area (Å²) in [4.78, 5) is 0. The summed E-state index contributed by atoms with van der Waals surface area (Å²) in [7, 11) is 0. The van der Waals surface area contributed by atoms with Crippen LogP contribution < -0.4 is 0 Å². The number of hydrogen-bond acceptors (Lipinski definition) is 2. The smallest absolute Gasteiger partial charge is 0.215 e. The standard InChI is InChI=1S/C11H11ClO2/c1-2-11(13-7-8-14-11)9-3-5-10(12)6-4-9/h2-6H,1,7-8H2. The minimum absolute atomic E-state index is 0.592. The molecule has 1 fully saturated rings. The molecule has 3 heteroatoms. The largest absolute Gasteiger partial charge is 0.340 e. The molecular weight excluding hydrogens is 200 g/mol. The highest BCUT2D eigenvalue weighted by molar-refractivity contribution is 6.30. The molecule has 0 atom stereocenters. The van der Waals surface area contributed by atoms with Crippen LogP contribution in [0.3, 0.4) is 0 Å². The van der Waals surface area contributed by atoms with E-state index in [2.05, 4.69) is 6.58 Å². The highest BCUT2D eigenvalue weighted by Crippen LogP contribution is 2.32. The molecule has 1 saturated heterocycles. The summed E-state index contributed by atoms with van der Waals surface area (Å²) in [5, 5.41) is 0.700. The number of benzene rings is 1. The third-order valence-electron chi connectivity index (χ3n) is 2.23. The van der Waals surface area contributed by atoms with Gasteiger partial charge >= 0.3 is 0 Å². The van der Waals surface area contributed by atoms with Crippen LogP contribution in [0, 0.1) is 0 Å². The Kier molecular flexibility index (Phi) is 2.59. The summed E-state index contributed by atoms with van der Waals surface area (Å²) in [6.07, 6.45) is 1.67. The van der Waals surface area contributed by atoms with Gasteiger partial charge in [0.05, 0.1) is 13.2 Å². The van der Waals surface area contributed by atoms with Crippen LogP contribution in [0.2, 0.25) is 5.02 Å². The molecule has 0 spiro atoms. The maximum Gasteiger partial charge on any atom is 0.215 e. The Hall–Kier alpha value is -0.830. The van der Waals surface area contributed by atoms with Crippen molar-refractivity contribution in [1.29, 1.82) is 0 Å². The van der Waals surface area contributed by atoms with E-state index in [0.717, 1.165) is 5.56 Å². The monoisotopic (exact) mass is 210 g/mol. The summed E-state index contributed by atoms with van der Waals surface area (Å²) < 4.78 is 11.1. The van der Waals surface area contributed by atoms with Crippen LogP contribution in [0.4, 0.5) is 0 Å². The van der Waals surface area contributed by atoms with Gasteiger partial charge in [-0.1, -0.05) is 30.3 Å². The number of halogens is 1. The first kappa shape index (κ1) is 9.71. The highest BCUT2D eigenvalue weighted by atomic mass is 35.5. The molecule has 1 aromatic rings. The van der Waals surface area contributed by atoms with E-state index in [1.54, 1.807) is 6.08 Å². The maximum atomic E-state index is 5.80. The molecule has 0 bridgehead atoms. The second-order valence-electron chi connectivity index (χ2n) is 3.08. The molecule has 1 aliphatic rings. The van der Waals surface area contributed by atoms with Gasteiger partial charge in [-0.15, -0.1) is 0 Å². The first-order chi connectivity index (χ1) is 6.77. The second-order valence-corrected chi connectivity index (χ2v) is 3.51. The van der Waals surface area contributed by atoms with Gasteiger partial charge in [0.2, 0.25) is 5.79 Å². The minimum Gasteiger partial charge on any atom is -0.340 e. The van der Waals surface area contributed by atoms with Gasteiger partial charge in [-0.05, 0) is 18.2 Å². The first-order valence-corrected chi connectivity index (χ1v) is 4.82. The molecule has 74 valence electrons. The third kappa shape index (κ3) is 1.57. The quantitative estimate of drug-likeness (QED) is 0.699. The van der Waals surface area contributed by atoms with Crippen molar-refractivity contribution in [2.24, 2.45) is 0 Å². The van der Waals surface area contributed by atoms with E-state index in [-0.39, 0.29) is 0 Å². The Morgan fingerprint density at radius 2 is 1.79 bits per heavy atom. The topological polar surface area (TPSA) is 18.5 Å². The summed E-state index contributed by atoms with van der Waals surface area (Å²) in [6.45, 7) is 4.91. The molecule has 2 rings (SSSR count). The summed E-state index contributed by atoms with van der Waals surface area (Å²) in [5.74, 6) is -0.773. The number of rotatable bonds is 2. The lowest BCUT2D eigenvalue weighted by Gasteiger charge is -2.23. The number of ether oxygens (including phenoxy) is 2. The molecule has 0 amide bonds. The lowest BCUT2D eigenvalue weighted by Crippen LogP contribution is -2.23. The van der Waals surface area contributed by atoms with Crippen molar-refractivity contribution in [3.8, 4) is 0 Å². The predicted molar refractivity (Wildman–Crippen MR) is 55.2 cm³/mol. The second kappa shape index (κ2) is 3.73. The zero-order valence-corrected chi connectivity index (χ0v) is 8.46. The van der Waals surface area contributed by atoms with Crippen molar-refractivity contribution in [2.75, 3.05) is 13.2 Å². The fourth-order valence-corrected chi connectivity index (χ4v) is 1.64. The van der Waals surface area contributed by atoms with Crippen molar-refractivity contribution in [2.45, 2.75) is 5.79 Å².